The summed E-state index contributed by atoms with van der Waals surface area (Å²) in [6.45, 7) is 0. The highest BCUT2D eigenvalue weighted by Gasteiger charge is 2.40. The maximum absolute atomic E-state index is 13.9. The average Bonchev–Trinajstić information content (AvgIpc) is 2.78. The highest BCUT2D eigenvalue weighted by molar-refractivity contribution is 5.89. The van der Waals surface area contributed by atoms with Gasteiger partial charge in [0.2, 0.25) is 5.43 Å². The fraction of sp³-hybridized carbons (Fsp3) is 0.154. The van der Waals surface area contributed by atoms with Crippen molar-refractivity contribution in [2.75, 3.05) is 0 Å². The molecule has 0 bridgehead atoms. The Kier molecular flexibility index (Phi) is 4.96. The van der Waals surface area contributed by atoms with Gasteiger partial charge in [0.15, 0.2) is 11.6 Å². The van der Waals surface area contributed by atoms with E-state index in [9.17, 15) is 23.5 Å². The third kappa shape index (κ3) is 3.55. The molecule has 0 saturated heterocycles. The highest BCUT2D eigenvalue weighted by atomic mass is 19.2. The third-order valence-corrected chi connectivity index (χ3v) is 6.25. The highest BCUT2D eigenvalue weighted by Crippen LogP contribution is 2.42. The lowest BCUT2D eigenvalue weighted by Gasteiger charge is -2.42. The molecule has 0 atom stereocenters. The monoisotopic (exact) mass is 447 g/mol. The molecule has 3 aromatic carbocycles. The molecule has 7 heteroatoms. The van der Waals surface area contributed by atoms with Crippen molar-refractivity contribution in [3.63, 3.8) is 0 Å². The fourth-order valence-corrected chi connectivity index (χ4v) is 4.42. The number of carboxylic acid groups (broad SMARTS) is 1. The minimum atomic E-state index is -1.13. The lowest BCUT2D eigenvalue weighted by molar-refractivity contribution is 0.144. The van der Waals surface area contributed by atoms with Crippen molar-refractivity contribution < 1.29 is 23.1 Å². The second kappa shape index (κ2) is 7.85. The van der Waals surface area contributed by atoms with Gasteiger partial charge in [-0.3, -0.25) is 4.79 Å². The minimum absolute atomic E-state index is 0.0443. The van der Waals surface area contributed by atoms with Crippen molar-refractivity contribution in [1.82, 2.24) is 5.32 Å². The predicted molar refractivity (Wildman–Crippen MR) is 120 cm³/mol. The minimum Gasteiger partial charge on any atom is -0.465 e. The molecule has 5 nitrogen and oxygen atoms in total. The zero-order valence-corrected chi connectivity index (χ0v) is 17.4. The Balaban J connectivity index is 1.70. The standard InChI is InChI=1S/C26H19F2NO4/c27-19-13-18-21(14-20(19)28)33-24(16-5-2-1-3-6-16)22(23(18)30)15-7-9-17(10-8-15)26(11-4-12-26)29-25(31)32/h1-3,5-10,13-14,29H,4,11-12H2,(H,31,32). The van der Waals surface area contributed by atoms with Crippen LogP contribution in [0.1, 0.15) is 24.8 Å². The molecule has 1 saturated carbocycles. The lowest BCUT2D eigenvalue weighted by Crippen LogP contribution is -2.50. The summed E-state index contributed by atoms with van der Waals surface area (Å²) in [5.41, 5.74) is 1.01. The molecule has 1 aliphatic carbocycles. The summed E-state index contributed by atoms with van der Waals surface area (Å²) in [5.74, 6) is -1.98. The van der Waals surface area contributed by atoms with Gasteiger partial charge in [-0.2, -0.15) is 0 Å². The topological polar surface area (TPSA) is 79.5 Å². The van der Waals surface area contributed by atoms with E-state index in [-0.39, 0.29) is 22.3 Å². The van der Waals surface area contributed by atoms with Gasteiger partial charge in [0.1, 0.15) is 11.3 Å². The van der Waals surface area contributed by atoms with E-state index in [0.29, 0.717) is 24.0 Å². The van der Waals surface area contributed by atoms with Crippen LogP contribution in [0.4, 0.5) is 13.6 Å². The summed E-state index contributed by atoms with van der Waals surface area (Å²) in [7, 11) is 0. The molecular formula is C26H19F2NO4. The number of amides is 1. The predicted octanol–water partition coefficient (Wildman–Crippen LogP) is 6.05. The summed E-state index contributed by atoms with van der Waals surface area (Å²) in [4.78, 5) is 24.7. The van der Waals surface area contributed by atoms with Gasteiger partial charge in [-0.25, -0.2) is 13.6 Å². The number of carbonyl (C=O) groups is 1. The first kappa shape index (κ1) is 20.9. The van der Waals surface area contributed by atoms with Crippen molar-refractivity contribution in [3.05, 3.63) is 94.2 Å². The number of rotatable bonds is 4. The summed E-state index contributed by atoms with van der Waals surface area (Å²) >= 11 is 0. The maximum Gasteiger partial charge on any atom is 0.405 e. The fourth-order valence-electron chi connectivity index (χ4n) is 4.42. The van der Waals surface area contributed by atoms with Crippen LogP contribution >= 0.6 is 0 Å². The number of fused-ring (bicyclic) bond motifs is 1. The van der Waals surface area contributed by atoms with Crippen LogP contribution in [0.2, 0.25) is 0 Å². The molecule has 1 aromatic heterocycles. The Hall–Kier alpha value is -4.00. The molecule has 0 radical (unpaired) electrons. The molecule has 0 unspecified atom stereocenters. The molecular weight excluding hydrogens is 428 g/mol. The molecule has 0 aliphatic heterocycles. The van der Waals surface area contributed by atoms with Crippen LogP contribution in [0.15, 0.2) is 75.9 Å². The van der Waals surface area contributed by atoms with Crippen LogP contribution in [0.25, 0.3) is 33.4 Å². The molecule has 1 amide bonds. The molecule has 5 rings (SSSR count). The number of benzene rings is 3. The van der Waals surface area contributed by atoms with E-state index in [2.05, 4.69) is 5.32 Å². The Morgan fingerprint density at radius 1 is 0.939 bits per heavy atom. The van der Waals surface area contributed by atoms with E-state index in [4.69, 9.17) is 4.42 Å². The zero-order chi connectivity index (χ0) is 23.2. The molecule has 1 aliphatic rings. The Labute approximate surface area is 187 Å². The van der Waals surface area contributed by atoms with Crippen LogP contribution in [0, 0.1) is 11.6 Å². The summed E-state index contributed by atoms with van der Waals surface area (Å²) in [5, 5.41) is 11.8. The Morgan fingerprint density at radius 3 is 2.21 bits per heavy atom. The molecule has 166 valence electrons. The zero-order valence-electron chi connectivity index (χ0n) is 17.4. The summed E-state index contributed by atoms with van der Waals surface area (Å²) < 4.78 is 33.7. The van der Waals surface area contributed by atoms with Crippen molar-refractivity contribution >= 4 is 17.1 Å². The Bertz CT molecular complexity index is 1430. The summed E-state index contributed by atoms with van der Waals surface area (Å²) in [6.07, 6.45) is 1.21. The van der Waals surface area contributed by atoms with E-state index in [1.54, 1.807) is 48.5 Å². The van der Waals surface area contributed by atoms with Crippen LogP contribution in [0.5, 0.6) is 0 Å². The summed E-state index contributed by atoms with van der Waals surface area (Å²) in [6, 6.07) is 17.7. The smallest absolute Gasteiger partial charge is 0.405 e. The quantitative estimate of drug-likeness (QED) is 0.399. The van der Waals surface area contributed by atoms with Gasteiger partial charge >= 0.3 is 6.09 Å². The molecule has 1 heterocycles. The molecule has 2 N–H and O–H groups in total. The first-order chi connectivity index (χ1) is 15.9. The van der Waals surface area contributed by atoms with Gasteiger partial charge in [0.05, 0.1) is 16.5 Å². The van der Waals surface area contributed by atoms with Gasteiger partial charge in [-0.1, -0.05) is 54.6 Å². The van der Waals surface area contributed by atoms with E-state index < -0.39 is 28.7 Å². The van der Waals surface area contributed by atoms with Gasteiger partial charge < -0.3 is 14.8 Å². The molecule has 0 spiro atoms. The van der Waals surface area contributed by atoms with Crippen molar-refractivity contribution in [2.45, 2.75) is 24.8 Å². The first-order valence-corrected chi connectivity index (χ1v) is 10.5. The van der Waals surface area contributed by atoms with Gasteiger partial charge in [-0.05, 0) is 36.5 Å². The molecule has 33 heavy (non-hydrogen) atoms. The molecule has 4 aromatic rings. The number of nitrogens with one attached hydrogen (secondary N) is 1. The lowest BCUT2D eigenvalue weighted by atomic mass is 9.71. The average molecular weight is 447 g/mol. The van der Waals surface area contributed by atoms with Gasteiger partial charge in [-0.15, -0.1) is 0 Å². The van der Waals surface area contributed by atoms with Crippen molar-refractivity contribution in [3.8, 4) is 22.5 Å². The maximum atomic E-state index is 13.9. The van der Waals surface area contributed by atoms with Crippen molar-refractivity contribution in [2.24, 2.45) is 0 Å². The van der Waals surface area contributed by atoms with Crippen molar-refractivity contribution in [1.29, 1.82) is 0 Å². The van der Waals surface area contributed by atoms with Gasteiger partial charge in [0.25, 0.3) is 0 Å². The van der Waals surface area contributed by atoms with Gasteiger partial charge in [0, 0.05) is 11.6 Å². The number of hydrogen-bond acceptors (Lipinski definition) is 3. The van der Waals surface area contributed by atoms with Crippen LogP contribution < -0.4 is 10.7 Å². The SMILES string of the molecule is O=C(O)NC1(c2ccc(-c3c(-c4ccccc4)oc4cc(F)c(F)cc4c3=O)cc2)CCC1. The third-order valence-electron chi connectivity index (χ3n) is 6.25. The van der Waals surface area contributed by atoms with Crippen LogP contribution in [-0.2, 0) is 5.54 Å². The Morgan fingerprint density at radius 2 is 1.61 bits per heavy atom. The van der Waals surface area contributed by atoms with E-state index in [1.165, 1.54) is 0 Å². The normalized spacial score (nSPS) is 14.6. The number of halogens is 2. The molecule has 1 fully saturated rings. The van der Waals surface area contributed by atoms with E-state index >= 15 is 0 Å². The van der Waals surface area contributed by atoms with E-state index in [1.807, 2.05) is 6.07 Å². The first-order valence-electron chi connectivity index (χ1n) is 10.5. The van der Waals surface area contributed by atoms with Crippen LogP contribution in [-0.4, -0.2) is 11.2 Å². The van der Waals surface area contributed by atoms with Crippen LogP contribution in [0.3, 0.4) is 0 Å². The van der Waals surface area contributed by atoms with E-state index in [0.717, 1.165) is 24.1 Å². The second-order valence-corrected chi connectivity index (χ2v) is 8.21. The largest absolute Gasteiger partial charge is 0.465 e. The second-order valence-electron chi connectivity index (χ2n) is 8.21. The number of hydrogen-bond donors (Lipinski definition) is 2.